The van der Waals surface area contributed by atoms with Gasteiger partial charge in [0.1, 0.15) is 6.61 Å². The largest absolute Gasteiger partial charge is 0.486 e. The maximum atomic E-state index is 13.8. The molecule has 6 heteroatoms. The van der Waals surface area contributed by atoms with Crippen molar-refractivity contribution >= 4 is 45.7 Å². The van der Waals surface area contributed by atoms with E-state index < -0.39 is 0 Å². The summed E-state index contributed by atoms with van der Waals surface area (Å²) in [6.45, 7) is 2.06. The van der Waals surface area contributed by atoms with Gasteiger partial charge in [-0.2, -0.15) is 0 Å². The van der Waals surface area contributed by atoms with E-state index in [4.69, 9.17) is 21.7 Å². The van der Waals surface area contributed by atoms with Crippen molar-refractivity contribution in [1.29, 1.82) is 0 Å². The predicted molar refractivity (Wildman–Crippen MR) is 97.9 cm³/mol. The molecule has 0 aliphatic heterocycles. The molecule has 0 aliphatic rings. The summed E-state index contributed by atoms with van der Waals surface area (Å²) in [5.74, 6) is -0.140. The Morgan fingerprint density at radius 1 is 1.32 bits per heavy atom. The van der Waals surface area contributed by atoms with Crippen LogP contribution < -0.4 is 10.1 Å². The monoisotopic (exact) mass is 431 g/mol. The maximum Gasteiger partial charge on any atom is 0.260 e. The van der Waals surface area contributed by atoms with Gasteiger partial charge >= 0.3 is 0 Å². The van der Waals surface area contributed by atoms with Crippen LogP contribution in [-0.4, -0.2) is 12.3 Å². The highest BCUT2D eigenvalue weighted by Crippen LogP contribution is 2.25. The van der Waals surface area contributed by atoms with Crippen molar-refractivity contribution in [3.8, 4) is 5.75 Å². The summed E-state index contributed by atoms with van der Waals surface area (Å²) in [5.41, 5.74) is 2.53. The third-order valence-electron chi connectivity index (χ3n) is 3.00. The van der Waals surface area contributed by atoms with E-state index in [-0.39, 0.29) is 23.3 Å². The standard InChI is InChI=1S/C16H15FINO2S/c1-10-6-7-15(12(17)8-10)21-9-11-13(18)4-3-5-14(11)19-16(22)20-2/h3-8H,9H2,1-2H3,(H,19,22). The van der Waals surface area contributed by atoms with Crippen molar-refractivity contribution in [2.45, 2.75) is 13.5 Å². The van der Waals surface area contributed by atoms with Crippen LogP contribution in [0.15, 0.2) is 36.4 Å². The van der Waals surface area contributed by atoms with Gasteiger partial charge in [0.05, 0.1) is 7.11 Å². The number of benzene rings is 2. The molecule has 0 aromatic heterocycles. The highest BCUT2D eigenvalue weighted by molar-refractivity contribution is 14.1. The molecule has 2 rings (SSSR count). The molecule has 0 aliphatic carbocycles. The van der Waals surface area contributed by atoms with E-state index in [2.05, 4.69) is 27.9 Å². The van der Waals surface area contributed by atoms with E-state index in [1.54, 1.807) is 6.07 Å². The fourth-order valence-corrected chi connectivity index (χ4v) is 2.62. The molecule has 0 spiro atoms. The third kappa shape index (κ3) is 4.30. The summed E-state index contributed by atoms with van der Waals surface area (Å²) in [4.78, 5) is 0. The van der Waals surface area contributed by atoms with Crippen LogP contribution in [0.4, 0.5) is 10.1 Å². The van der Waals surface area contributed by atoms with Gasteiger partial charge in [-0.3, -0.25) is 0 Å². The lowest BCUT2D eigenvalue weighted by Gasteiger charge is -2.15. The summed E-state index contributed by atoms with van der Waals surface area (Å²) < 4.78 is 25.4. The van der Waals surface area contributed by atoms with E-state index >= 15 is 0 Å². The number of rotatable bonds is 4. The van der Waals surface area contributed by atoms with Crippen molar-refractivity contribution in [2.24, 2.45) is 0 Å². The Balaban J connectivity index is 2.19. The Hall–Kier alpha value is -1.41. The third-order valence-corrected chi connectivity index (χ3v) is 4.28. The molecule has 116 valence electrons. The van der Waals surface area contributed by atoms with Gasteiger partial charge in [-0.15, -0.1) is 0 Å². The number of nitrogens with one attached hydrogen (secondary N) is 1. The number of aryl methyl sites for hydroxylation is 1. The zero-order chi connectivity index (χ0) is 16.1. The van der Waals surface area contributed by atoms with Crippen molar-refractivity contribution in [3.63, 3.8) is 0 Å². The van der Waals surface area contributed by atoms with Crippen molar-refractivity contribution < 1.29 is 13.9 Å². The second-order valence-electron chi connectivity index (χ2n) is 4.61. The first-order valence-electron chi connectivity index (χ1n) is 6.52. The van der Waals surface area contributed by atoms with E-state index in [9.17, 15) is 4.39 Å². The van der Waals surface area contributed by atoms with E-state index in [0.717, 1.165) is 20.4 Å². The number of methoxy groups -OCH3 is 1. The summed E-state index contributed by atoms with van der Waals surface area (Å²) >= 11 is 7.22. The molecule has 2 aromatic carbocycles. The van der Waals surface area contributed by atoms with Crippen molar-refractivity contribution in [3.05, 3.63) is 56.9 Å². The second kappa shape index (κ2) is 7.73. The smallest absolute Gasteiger partial charge is 0.260 e. The molecule has 1 N–H and O–H groups in total. The molecule has 22 heavy (non-hydrogen) atoms. The van der Waals surface area contributed by atoms with E-state index in [0.29, 0.717) is 0 Å². The first-order valence-corrected chi connectivity index (χ1v) is 8.01. The molecule has 0 heterocycles. The van der Waals surface area contributed by atoms with Crippen LogP contribution >= 0.6 is 34.8 Å². The first kappa shape index (κ1) is 17.0. The Morgan fingerprint density at radius 3 is 2.77 bits per heavy atom. The minimum atomic E-state index is -0.368. The molecule has 0 bridgehead atoms. The number of hydrogen-bond donors (Lipinski definition) is 1. The molecule has 0 unspecified atom stereocenters. The minimum absolute atomic E-state index is 0.227. The molecule has 0 fully saturated rings. The van der Waals surface area contributed by atoms with Gasteiger partial charge < -0.3 is 14.8 Å². The Bertz CT molecular complexity index is 694. The summed E-state index contributed by atoms with van der Waals surface area (Å²) in [6.07, 6.45) is 0. The normalized spacial score (nSPS) is 10.2. The molecule has 3 nitrogen and oxygen atoms in total. The quantitative estimate of drug-likeness (QED) is 0.564. The average molecular weight is 431 g/mol. The van der Waals surface area contributed by atoms with Gasteiger partial charge in [-0.05, 0) is 71.6 Å². The zero-order valence-electron chi connectivity index (χ0n) is 12.2. The van der Waals surface area contributed by atoms with E-state index in [1.165, 1.54) is 13.2 Å². The number of halogens is 2. The topological polar surface area (TPSA) is 30.5 Å². The highest BCUT2D eigenvalue weighted by atomic mass is 127. The van der Waals surface area contributed by atoms with Gasteiger partial charge in [-0.25, -0.2) is 4.39 Å². The van der Waals surface area contributed by atoms with Crippen LogP contribution in [0.1, 0.15) is 11.1 Å². The molecule has 2 aromatic rings. The average Bonchev–Trinajstić information content (AvgIpc) is 2.48. The molecule has 0 atom stereocenters. The van der Waals surface area contributed by atoms with Gasteiger partial charge in [0.25, 0.3) is 5.17 Å². The predicted octanol–water partition coefficient (Wildman–Crippen LogP) is 4.66. The van der Waals surface area contributed by atoms with Crippen LogP contribution in [0.3, 0.4) is 0 Å². The molecule has 0 amide bonds. The number of hydrogen-bond acceptors (Lipinski definition) is 3. The van der Waals surface area contributed by atoms with Crippen molar-refractivity contribution in [1.82, 2.24) is 0 Å². The van der Waals surface area contributed by atoms with Crippen LogP contribution in [0.2, 0.25) is 0 Å². The van der Waals surface area contributed by atoms with Gasteiger partial charge in [0, 0.05) is 14.8 Å². The first-order chi connectivity index (χ1) is 10.5. The lowest BCUT2D eigenvalue weighted by Crippen LogP contribution is -2.13. The fraction of sp³-hybridized carbons (Fsp3) is 0.188. The van der Waals surface area contributed by atoms with Crippen LogP contribution in [-0.2, 0) is 11.3 Å². The number of anilines is 1. The molecule has 0 saturated carbocycles. The Kier molecular flexibility index (Phi) is 5.96. The summed E-state index contributed by atoms with van der Waals surface area (Å²) in [6, 6.07) is 10.6. The van der Waals surface area contributed by atoms with Crippen molar-refractivity contribution in [2.75, 3.05) is 12.4 Å². The zero-order valence-corrected chi connectivity index (χ0v) is 15.1. The number of thiocarbonyl (C=S) groups is 1. The lowest BCUT2D eigenvalue weighted by atomic mass is 10.2. The SMILES string of the molecule is COC(=S)Nc1cccc(I)c1COc1ccc(C)cc1F. The van der Waals surface area contributed by atoms with Crippen LogP contribution in [0, 0.1) is 16.3 Å². The van der Waals surface area contributed by atoms with Crippen LogP contribution in [0.5, 0.6) is 5.75 Å². The van der Waals surface area contributed by atoms with Crippen LogP contribution in [0.25, 0.3) is 0 Å². The molecule has 0 radical (unpaired) electrons. The fourth-order valence-electron chi connectivity index (χ4n) is 1.86. The van der Waals surface area contributed by atoms with Gasteiger partial charge in [0.15, 0.2) is 11.6 Å². The lowest BCUT2D eigenvalue weighted by molar-refractivity contribution is 0.290. The summed E-state index contributed by atoms with van der Waals surface area (Å²) in [7, 11) is 1.50. The molecular weight excluding hydrogens is 416 g/mol. The highest BCUT2D eigenvalue weighted by Gasteiger charge is 2.11. The Labute approximate surface area is 148 Å². The Morgan fingerprint density at radius 2 is 2.09 bits per heavy atom. The van der Waals surface area contributed by atoms with Gasteiger partial charge in [-0.1, -0.05) is 12.1 Å². The van der Waals surface area contributed by atoms with Gasteiger partial charge in [0.2, 0.25) is 0 Å². The summed E-state index contributed by atoms with van der Waals surface area (Å²) in [5, 5.41) is 3.26. The molecular formula is C16H15FINO2S. The maximum absolute atomic E-state index is 13.8. The number of ether oxygens (including phenoxy) is 2. The minimum Gasteiger partial charge on any atom is -0.486 e. The second-order valence-corrected chi connectivity index (χ2v) is 6.14. The molecule has 0 saturated heterocycles. The van der Waals surface area contributed by atoms with E-state index in [1.807, 2.05) is 31.2 Å².